The Labute approximate surface area is 228 Å². The number of carbonyl (C=O) groups is 1. The Morgan fingerprint density at radius 3 is 2.31 bits per heavy atom. The molecule has 3 aromatic carbocycles. The third kappa shape index (κ3) is 5.83. The van der Waals surface area contributed by atoms with Crippen molar-refractivity contribution in [3.8, 4) is 16.9 Å². The van der Waals surface area contributed by atoms with Crippen LogP contribution in [0.1, 0.15) is 42.2 Å². The zero-order chi connectivity index (χ0) is 27.5. The number of amides is 1. The van der Waals surface area contributed by atoms with E-state index in [1.54, 1.807) is 0 Å². The van der Waals surface area contributed by atoms with E-state index < -0.39 is 6.09 Å². The van der Waals surface area contributed by atoms with E-state index in [1.165, 1.54) is 4.90 Å². The van der Waals surface area contributed by atoms with E-state index in [2.05, 4.69) is 18.7 Å². The van der Waals surface area contributed by atoms with Gasteiger partial charge in [-0.15, -0.1) is 0 Å². The molecule has 1 aliphatic heterocycles. The first-order valence-electron chi connectivity index (χ1n) is 13.4. The lowest BCUT2D eigenvalue weighted by molar-refractivity contribution is 0.103. The summed E-state index contributed by atoms with van der Waals surface area (Å²) in [6.07, 6.45) is -0.861. The topological polar surface area (TPSA) is 83.2 Å². The summed E-state index contributed by atoms with van der Waals surface area (Å²) in [7, 11) is 0. The van der Waals surface area contributed by atoms with Gasteiger partial charge in [-0.05, 0) is 41.2 Å². The second-order valence-corrected chi connectivity index (χ2v) is 10.4. The van der Waals surface area contributed by atoms with Crippen molar-refractivity contribution < 1.29 is 19.1 Å². The van der Waals surface area contributed by atoms with Crippen LogP contribution in [0.2, 0.25) is 0 Å². The van der Waals surface area contributed by atoms with Crippen LogP contribution in [0.3, 0.4) is 0 Å². The van der Waals surface area contributed by atoms with Gasteiger partial charge >= 0.3 is 6.09 Å². The maximum Gasteiger partial charge on any atom is 0.407 e. The minimum absolute atomic E-state index is 0.0530. The molecule has 0 atom stereocenters. The van der Waals surface area contributed by atoms with Crippen molar-refractivity contribution in [2.24, 2.45) is 0 Å². The fourth-order valence-corrected chi connectivity index (χ4v) is 5.13. The summed E-state index contributed by atoms with van der Waals surface area (Å²) in [6, 6.07) is 21.8. The Morgan fingerprint density at radius 2 is 1.67 bits per heavy atom. The van der Waals surface area contributed by atoms with Gasteiger partial charge in [0.05, 0.1) is 10.9 Å². The molecular weight excluding hydrogens is 492 g/mol. The van der Waals surface area contributed by atoms with E-state index in [4.69, 9.17) is 14.3 Å². The van der Waals surface area contributed by atoms with Crippen LogP contribution in [-0.4, -0.2) is 47.2 Å². The highest BCUT2D eigenvalue weighted by atomic mass is 16.5. The van der Waals surface area contributed by atoms with Gasteiger partial charge in [0.15, 0.2) is 0 Å². The van der Waals surface area contributed by atoms with Crippen LogP contribution < -0.4 is 10.2 Å². The smallest absolute Gasteiger partial charge is 0.407 e. The van der Waals surface area contributed by atoms with Crippen molar-refractivity contribution >= 4 is 17.1 Å². The Kier molecular flexibility index (Phi) is 7.70. The Balaban J connectivity index is 1.40. The van der Waals surface area contributed by atoms with Crippen LogP contribution >= 0.6 is 0 Å². The molecule has 5 rings (SSSR count). The normalized spacial score (nSPS) is 14.2. The van der Waals surface area contributed by atoms with Gasteiger partial charge in [-0.2, -0.15) is 0 Å². The van der Waals surface area contributed by atoms with Crippen LogP contribution in [0.25, 0.3) is 22.1 Å². The molecule has 0 aliphatic carbocycles. The first-order valence-corrected chi connectivity index (χ1v) is 13.4. The molecular formula is C32H34N2O5. The summed E-state index contributed by atoms with van der Waals surface area (Å²) in [5.74, 6) is 1.46. The Hall–Kier alpha value is -4.10. The van der Waals surface area contributed by atoms with E-state index in [0.717, 1.165) is 34.5 Å². The number of carboxylic acid groups (broad SMARTS) is 1. The van der Waals surface area contributed by atoms with Crippen LogP contribution in [0, 0.1) is 6.92 Å². The maximum absolute atomic E-state index is 13.7. The molecule has 1 aromatic heterocycles. The molecule has 1 amide bonds. The number of nitrogens with zero attached hydrogens (tertiary/aromatic N) is 2. The van der Waals surface area contributed by atoms with E-state index >= 15 is 0 Å². The Bertz CT molecular complexity index is 1520. The molecule has 7 nitrogen and oxygen atoms in total. The largest absolute Gasteiger partial charge is 0.488 e. The molecule has 0 saturated carbocycles. The molecule has 1 aliphatic rings. The predicted molar refractivity (Wildman–Crippen MR) is 152 cm³/mol. The molecule has 0 bridgehead atoms. The fraction of sp³-hybridized carbons (Fsp3) is 0.312. The Morgan fingerprint density at radius 1 is 0.974 bits per heavy atom. The molecule has 0 radical (unpaired) electrons. The minimum atomic E-state index is -0.861. The second-order valence-electron chi connectivity index (χ2n) is 10.4. The van der Waals surface area contributed by atoms with Crippen molar-refractivity contribution in [3.05, 3.63) is 99.4 Å². The molecule has 1 N–H and O–H groups in total. The number of ether oxygens (including phenoxy) is 1. The van der Waals surface area contributed by atoms with Crippen molar-refractivity contribution in [1.29, 1.82) is 0 Å². The number of hydrogen-bond acceptors (Lipinski definition) is 5. The molecule has 4 aromatic rings. The molecule has 202 valence electrons. The highest BCUT2D eigenvalue weighted by Gasteiger charge is 2.21. The maximum atomic E-state index is 13.7. The average Bonchev–Trinajstić information content (AvgIpc) is 2.93. The third-order valence-electron chi connectivity index (χ3n) is 7.35. The van der Waals surface area contributed by atoms with E-state index in [0.29, 0.717) is 55.1 Å². The van der Waals surface area contributed by atoms with Gasteiger partial charge in [-0.3, -0.25) is 9.69 Å². The number of fused-ring (bicyclic) bond motifs is 1. The van der Waals surface area contributed by atoms with Crippen molar-refractivity contribution in [2.75, 3.05) is 26.2 Å². The van der Waals surface area contributed by atoms with Gasteiger partial charge in [0, 0.05) is 38.8 Å². The van der Waals surface area contributed by atoms with Crippen LogP contribution in [0.5, 0.6) is 5.75 Å². The lowest BCUT2D eigenvalue weighted by Crippen LogP contribution is -2.47. The van der Waals surface area contributed by atoms with Gasteiger partial charge in [0.25, 0.3) is 0 Å². The monoisotopic (exact) mass is 526 g/mol. The summed E-state index contributed by atoms with van der Waals surface area (Å²) in [5.41, 5.74) is 5.02. The lowest BCUT2D eigenvalue weighted by atomic mass is 9.97. The number of benzene rings is 3. The van der Waals surface area contributed by atoms with E-state index in [1.807, 2.05) is 73.7 Å². The zero-order valence-electron chi connectivity index (χ0n) is 22.6. The molecule has 0 spiro atoms. The van der Waals surface area contributed by atoms with Gasteiger partial charge in [0.2, 0.25) is 5.43 Å². The first-order chi connectivity index (χ1) is 18.8. The number of rotatable bonds is 7. The molecule has 2 heterocycles. The van der Waals surface area contributed by atoms with Gasteiger partial charge in [-0.1, -0.05) is 68.4 Å². The molecule has 1 saturated heterocycles. The second kappa shape index (κ2) is 11.3. The number of aryl methyl sites for hydroxylation is 1. The zero-order valence-corrected chi connectivity index (χ0v) is 22.6. The quantitative estimate of drug-likeness (QED) is 0.306. The third-order valence-corrected chi connectivity index (χ3v) is 7.35. The van der Waals surface area contributed by atoms with Crippen molar-refractivity contribution in [3.63, 3.8) is 0 Å². The highest BCUT2D eigenvalue weighted by molar-refractivity contribution is 5.85. The number of piperazine rings is 1. The molecule has 7 heteroatoms. The molecule has 0 unspecified atom stereocenters. The molecule has 1 fully saturated rings. The van der Waals surface area contributed by atoms with Crippen molar-refractivity contribution in [1.82, 2.24) is 9.80 Å². The van der Waals surface area contributed by atoms with E-state index in [-0.39, 0.29) is 11.3 Å². The SMILES string of the molecule is Cc1oc2cc(OCc3ccccc3)c(C(C)C)cc2c(=O)c1-c1ccc(CN2CCN(C(=O)O)CC2)cc1. The van der Waals surface area contributed by atoms with E-state index in [9.17, 15) is 9.59 Å². The van der Waals surface area contributed by atoms with Gasteiger partial charge < -0.3 is 19.2 Å². The van der Waals surface area contributed by atoms with Crippen LogP contribution in [0.4, 0.5) is 4.79 Å². The molecule has 39 heavy (non-hydrogen) atoms. The first kappa shape index (κ1) is 26.5. The van der Waals surface area contributed by atoms with Gasteiger partial charge in [0.1, 0.15) is 23.7 Å². The summed E-state index contributed by atoms with van der Waals surface area (Å²) < 4.78 is 12.4. The van der Waals surface area contributed by atoms with Crippen LogP contribution in [0.15, 0.2) is 75.9 Å². The number of hydrogen-bond donors (Lipinski definition) is 1. The summed E-state index contributed by atoms with van der Waals surface area (Å²) in [5, 5.41) is 9.70. The standard InChI is InChI=1S/C32H34N2O5/c1-21(2)26-17-27-29(18-28(26)38-20-24-7-5-4-6-8-24)39-22(3)30(31(27)35)25-11-9-23(10-12-25)19-33-13-15-34(16-14-33)32(36)37/h4-12,17-18,21H,13-16,19-20H2,1-3H3,(H,36,37). The predicted octanol–water partition coefficient (Wildman–Crippen LogP) is 6.27. The van der Waals surface area contributed by atoms with Crippen LogP contribution in [-0.2, 0) is 13.2 Å². The minimum Gasteiger partial charge on any atom is -0.488 e. The fourth-order valence-electron chi connectivity index (χ4n) is 5.13. The summed E-state index contributed by atoms with van der Waals surface area (Å²) in [4.78, 5) is 28.6. The average molecular weight is 527 g/mol. The summed E-state index contributed by atoms with van der Waals surface area (Å²) in [6.45, 7) is 9.63. The van der Waals surface area contributed by atoms with Crippen molar-refractivity contribution in [2.45, 2.75) is 39.8 Å². The summed E-state index contributed by atoms with van der Waals surface area (Å²) >= 11 is 0. The lowest BCUT2D eigenvalue weighted by Gasteiger charge is -2.33. The van der Waals surface area contributed by atoms with Gasteiger partial charge in [-0.25, -0.2) is 4.79 Å². The highest BCUT2D eigenvalue weighted by Crippen LogP contribution is 2.33.